The molecule has 0 aliphatic carbocycles. The first-order valence-electron chi connectivity index (χ1n) is 6.55. The average molecular weight is 259 g/mol. The number of aliphatic hydroxyl groups is 1. The lowest BCUT2D eigenvalue weighted by Crippen LogP contribution is -2.45. The number of carbonyl (C=O) groups excluding carboxylic acids is 1. The van der Waals surface area contributed by atoms with Gasteiger partial charge in [-0.05, 0) is 26.7 Å². The normalized spacial score (nSPS) is 20.8. The van der Waals surface area contributed by atoms with E-state index in [4.69, 9.17) is 9.47 Å². The Morgan fingerprint density at radius 3 is 2.61 bits per heavy atom. The Morgan fingerprint density at radius 1 is 1.44 bits per heavy atom. The molecule has 5 nitrogen and oxygen atoms in total. The highest BCUT2D eigenvalue weighted by Crippen LogP contribution is 2.21. The second-order valence-electron chi connectivity index (χ2n) is 5.25. The number of amides is 1. The average Bonchev–Trinajstić information content (AvgIpc) is 2.33. The molecule has 1 heterocycles. The zero-order valence-corrected chi connectivity index (χ0v) is 11.6. The summed E-state index contributed by atoms with van der Waals surface area (Å²) in [5.41, 5.74) is -0.610. The number of rotatable bonds is 6. The molecule has 1 rings (SSSR count). The number of nitrogens with zero attached hydrogens (tertiary/aromatic N) is 1. The molecule has 0 aromatic rings. The van der Waals surface area contributed by atoms with Gasteiger partial charge in [0.05, 0.1) is 31.3 Å². The minimum atomic E-state index is -0.610. The van der Waals surface area contributed by atoms with Crippen molar-refractivity contribution in [2.45, 2.75) is 44.8 Å². The molecule has 1 aliphatic rings. The summed E-state index contributed by atoms with van der Waals surface area (Å²) in [6.45, 7) is 5.97. The van der Waals surface area contributed by atoms with E-state index in [-0.39, 0.29) is 12.0 Å². The van der Waals surface area contributed by atoms with Gasteiger partial charge < -0.3 is 19.5 Å². The fourth-order valence-electron chi connectivity index (χ4n) is 1.87. The Labute approximate surface area is 109 Å². The molecule has 5 heteroatoms. The Kier molecular flexibility index (Phi) is 6.05. The molecular weight excluding hydrogens is 234 g/mol. The molecule has 1 atom stereocenters. The van der Waals surface area contributed by atoms with Crippen LogP contribution in [0.1, 0.15) is 33.1 Å². The molecule has 0 spiro atoms. The lowest BCUT2D eigenvalue weighted by atomic mass is 9.94. The van der Waals surface area contributed by atoms with Gasteiger partial charge in [-0.1, -0.05) is 0 Å². The van der Waals surface area contributed by atoms with Crippen molar-refractivity contribution in [2.24, 2.45) is 0 Å². The SMILES string of the molecule is COC(C)COCCC(=O)N1CCC(C)(O)CC1. The van der Waals surface area contributed by atoms with E-state index in [2.05, 4.69) is 0 Å². The summed E-state index contributed by atoms with van der Waals surface area (Å²) in [5.74, 6) is 0.107. The van der Waals surface area contributed by atoms with Crippen LogP contribution in [-0.4, -0.2) is 61.0 Å². The number of hydrogen-bond donors (Lipinski definition) is 1. The van der Waals surface area contributed by atoms with E-state index in [0.29, 0.717) is 45.6 Å². The molecule has 0 bridgehead atoms. The van der Waals surface area contributed by atoms with Crippen LogP contribution >= 0.6 is 0 Å². The molecule has 18 heavy (non-hydrogen) atoms. The van der Waals surface area contributed by atoms with Crippen molar-refractivity contribution >= 4 is 5.91 Å². The van der Waals surface area contributed by atoms with Crippen LogP contribution in [0.4, 0.5) is 0 Å². The van der Waals surface area contributed by atoms with Gasteiger partial charge in [-0.15, -0.1) is 0 Å². The third-order valence-corrected chi connectivity index (χ3v) is 3.41. The first kappa shape index (κ1) is 15.4. The maximum Gasteiger partial charge on any atom is 0.224 e. The standard InChI is InChI=1S/C13H25NO4/c1-11(17-3)10-18-9-4-12(15)14-7-5-13(2,16)6-8-14/h11,16H,4-10H2,1-3H3. The highest BCUT2D eigenvalue weighted by atomic mass is 16.5. The number of piperidine rings is 1. The summed E-state index contributed by atoms with van der Waals surface area (Å²) in [4.78, 5) is 13.7. The topological polar surface area (TPSA) is 59.0 Å². The second-order valence-corrected chi connectivity index (χ2v) is 5.25. The van der Waals surface area contributed by atoms with Gasteiger partial charge in [0.25, 0.3) is 0 Å². The van der Waals surface area contributed by atoms with E-state index in [1.807, 2.05) is 13.8 Å². The minimum Gasteiger partial charge on any atom is -0.390 e. The summed E-state index contributed by atoms with van der Waals surface area (Å²) in [7, 11) is 1.64. The van der Waals surface area contributed by atoms with E-state index in [1.165, 1.54) is 0 Å². The first-order valence-corrected chi connectivity index (χ1v) is 6.55. The summed E-state index contributed by atoms with van der Waals surface area (Å²) >= 11 is 0. The quantitative estimate of drug-likeness (QED) is 0.717. The van der Waals surface area contributed by atoms with Crippen LogP contribution < -0.4 is 0 Å². The summed E-state index contributed by atoms with van der Waals surface area (Å²) in [6.07, 6.45) is 1.77. The lowest BCUT2D eigenvalue weighted by molar-refractivity contribution is -0.136. The van der Waals surface area contributed by atoms with Crippen LogP contribution in [0, 0.1) is 0 Å². The van der Waals surface area contributed by atoms with Crippen LogP contribution in [0.15, 0.2) is 0 Å². The van der Waals surface area contributed by atoms with Gasteiger partial charge in [0.1, 0.15) is 0 Å². The molecule has 0 radical (unpaired) electrons. The van der Waals surface area contributed by atoms with Crippen LogP contribution in [0.5, 0.6) is 0 Å². The summed E-state index contributed by atoms with van der Waals surface area (Å²) in [6, 6.07) is 0. The largest absolute Gasteiger partial charge is 0.390 e. The van der Waals surface area contributed by atoms with Crippen LogP contribution in [0.3, 0.4) is 0 Å². The van der Waals surface area contributed by atoms with Gasteiger partial charge >= 0.3 is 0 Å². The Morgan fingerprint density at radius 2 is 2.06 bits per heavy atom. The minimum absolute atomic E-state index is 0.0604. The second kappa shape index (κ2) is 7.07. The molecule has 1 saturated heterocycles. The van der Waals surface area contributed by atoms with Crippen molar-refractivity contribution in [3.8, 4) is 0 Å². The monoisotopic (exact) mass is 259 g/mol. The van der Waals surface area contributed by atoms with Crippen LogP contribution in [0.2, 0.25) is 0 Å². The molecule has 1 unspecified atom stereocenters. The molecule has 0 aromatic carbocycles. The molecule has 0 saturated carbocycles. The van der Waals surface area contributed by atoms with E-state index in [1.54, 1.807) is 12.0 Å². The molecular formula is C13H25NO4. The van der Waals surface area contributed by atoms with Gasteiger partial charge in [-0.2, -0.15) is 0 Å². The number of methoxy groups -OCH3 is 1. The molecule has 1 N–H and O–H groups in total. The lowest BCUT2D eigenvalue weighted by Gasteiger charge is -2.35. The van der Waals surface area contributed by atoms with Gasteiger partial charge in [0.15, 0.2) is 0 Å². The van der Waals surface area contributed by atoms with E-state index in [0.717, 1.165) is 0 Å². The van der Waals surface area contributed by atoms with Crippen LogP contribution in [0.25, 0.3) is 0 Å². The zero-order valence-electron chi connectivity index (χ0n) is 11.6. The molecule has 1 fully saturated rings. The third kappa shape index (κ3) is 5.33. The Balaban J connectivity index is 2.14. The Hall–Kier alpha value is -0.650. The van der Waals surface area contributed by atoms with Gasteiger partial charge in [-0.3, -0.25) is 4.79 Å². The van der Waals surface area contributed by atoms with E-state index >= 15 is 0 Å². The van der Waals surface area contributed by atoms with Gasteiger partial charge in [0.2, 0.25) is 5.91 Å². The van der Waals surface area contributed by atoms with Crippen molar-refractivity contribution < 1.29 is 19.4 Å². The number of hydrogen-bond acceptors (Lipinski definition) is 4. The highest BCUT2D eigenvalue weighted by Gasteiger charge is 2.29. The molecule has 0 aromatic heterocycles. The first-order chi connectivity index (χ1) is 8.44. The van der Waals surface area contributed by atoms with Gasteiger partial charge in [-0.25, -0.2) is 0 Å². The van der Waals surface area contributed by atoms with Crippen molar-refractivity contribution in [1.29, 1.82) is 0 Å². The molecule has 1 amide bonds. The zero-order chi connectivity index (χ0) is 13.6. The predicted octanol–water partition coefficient (Wildman–Crippen LogP) is 0.801. The van der Waals surface area contributed by atoms with Gasteiger partial charge in [0, 0.05) is 20.2 Å². The van der Waals surface area contributed by atoms with Crippen molar-refractivity contribution in [3.05, 3.63) is 0 Å². The maximum absolute atomic E-state index is 11.9. The smallest absolute Gasteiger partial charge is 0.224 e. The maximum atomic E-state index is 11.9. The third-order valence-electron chi connectivity index (χ3n) is 3.41. The summed E-state index contributed by atoms with van der Waals surface area (Å²) in [5, 5.41) is 9.80. The number of likely N-dealkylation sites (tertiary alicyclic amines) is 1. The Bertz CT molecular complexity index is 258. The highest BCUT2D eigenvalue weighted by molar-refractivity contribution is 5.76. The molecule has 106 valence electrons. The van der Waals surface area contributed by atoms with Crippen molar-refractivity contribution in [3.63, 3.8) is 0 Å². The fourth-order valence-corrected chi connectivity index (χ4v) is 1.87. The molecule has 1 aliphatic heterocycles. The van der Waals surface area contributed by atoms with E-state index in [9.17, 15) is 9.90 Å². The summed E-state index contributed by atoms with van der Waals surface area (Å²) < 4.78 is 10.4. The van der Waals surface area contributed by atoms with Crippen molar-refractivity contribution in [2.75, 3.05) is 33.4 Å². The van der Waals surface area contributed by atoms with Crippen LogP contribution in [-0.2, 0) is 14.3 Å². The van der Waals surface area contributed by atoms with Crippen molar-refractivity contribution in [1.82, 2.24) is 4.90 Å². The number of ether oxygens (including phenoxy) is 2. The predicted molar refractivity (Wildman–Crippen MR) is 68.3 cm³/mol. The van der Waals surface area contributed by atoms with E-state index < -0.39 is 5.60 Å². The fraction of sp³-hybridized carbons (Fsp3) is 0.923. The number of carbonyl (C=O) groups is 1.